The SMILES string of the molecule is Cc1c(C(=O)N2CCC(c3nnc4n3CCNC4)CC2)sc2cccc(F)c12. The summed E-state index contributed by atoms with van der Waals surface area (Å²) in [5.41, 5.74) is 0.754. The molecule has 8 heteroatoms. The van der Waals surface area contributed by atoms with Gasteiger partial charge in [-0.25, -0.2) is 4.39 Å². The Balaban J connectivity index is 1.33. The van der Waals surface area contributed by atoms with Crippen molar-refractivity contribution in [3.8, 4) is 0 Å². The highest BCUT2D eigenvalue weighted by molar-refractivity contribution is 7.21. The first-order chi connectivity index (χ1) is 13.6. The Hall–Kier alpha value is -2.32. The van der Waals surface area contributed by atoms with Gasteiger partial charge in [0, 0.05) is 42.2 Å². The van der Waals surface area contributed by atoms with Gasteiger partial charge in [-0.2, -0.15) is 0 Å². The average Bonchev–Trinajstić information content (AvgIpc) is 3.30. The molecule has 1 aromatic carbocycles. The van der Waals surface area contributed by atoms with Gasteiger partial charge >= 0.3 is 0 Å². The van der Waals surface area contributed by atoms with E-state index >= 15 is 0 Å². The minimum absolute atomic E-state index is 0.0176. The van der Waals surface area contributed by atoms with Crippen molar-refractivity contribution in [3.05, 3.63) is 46.1 Å². The molecule has 0 radical (unpaired) electrons. The highest BCUT2D eigenvalue weighted by Crippen LogP contribution is 2.35. The van der Waals surface area contributed by atoms with Crippen LogP contribution in [-0.2, 0) is 13.1 Å². The molecule has 0 spiro atoms. The molecule has 28 heavy (non-hydrogen) atoms. The molecule has 2 aliphatic heterocycles. The number of hydrogen-bond acceptors (Lipinski definition) is 5. The molecule has 3 aromatic rings. The summed E-state index contributed by atoms with van der Waals surface area (Å²) < 4.78 is 17.2. The standard InChI is InChI=1S/C20H22FN5OS/c1-12-17-14(21)3-2-4-15(17)28-18(12)20(27)25-8-5-13(6-9-25)19-24-23-16-11-22-7-10-26(16)19/h2-4,13,22H,5-11H2,1H3. The van der Waals surface area contributed by atoms with Crippen molar-refractivity contribution < 1.29 is 9.18 Å². The van der Waals surface area contributed by atoms with E-state index in [9.17, 15) is 9.18 Å². The van der Waals surface area contributed by atoms with Gasteiger partial charge in [0.15, 0.2) is 0 Å². The number of rotatable bonds is 2. The van der Waals surface area contributed by atoms with E-state index in [4.69, 9.17) is 0 Å². The van der Waals surface area contributed by atoms with Gasteiger partial charge in [0.05, 0.1) is 11.4 Å². The van der Waals surface area contributed by atoms with Gasteiger partial charge in [-0.1, -0.05) is 6.07 Å². The molecule has 2 aromatic heterocycles. The third kappa shape index (κ3) is 2.82. The van der Waals surface area contributed by atoms with Crippen LogP contribution in [0.25, 0.3) is 10.1 Å². The molecular formula is C20H22FN5OS. The molecule has 2 aliphatic rings. The van der Waals surface area contributed by atoms with Crippen LogP contribution in [0.1, 0.15) is 45.6 Å². The van der Waals surface area contributed by atoms with Crippen LogP contribution in [-0.4, -0.2) is 45.2 Å². The van der Waals surface area contributed by atoms with Gasteiger partial charge in [0.2, 0.25) is 0 Å². The van der Waals surface area contributed by atoms with Crippen LogP contribution in [0.2, 0.25) is 0 Å². The molecule has 0 unspecified atom stereocenters. The molecule has 1 N–H and O–H groups in total. The average molecular weight is 399 g/mol. The molecule has 0 aliphatic carbocycles. The van der Waals surface area contributed by atoms with E-state index in [1.54, 1.807) is 6.07 Å². The maximum Gasteiger partial charge on any atom is 0.264 e. The first-order valence-electron chi connectivity index (χ1n) is 9.73. The Bertz CT molecular complexity index is 1050. The number of thiophene rings is 1. The van der Waals surface area contributed by atoms with Gasteiger partial charge in [0.25, 0.3) is 5.91 Å². The zero-order valence-corrected chi connectivity index (χ0v) is 16.6. The summed E-state index contributed by atoms with van der Waals surface area (Å²) in [4.78, 5) is 15.7. The molecule has 5 rings (SSSR count). The Morgan fingerprint density at radius 2 is 2.07 bits per heavy atom. The minimum Gasteiger partial charge on any atom is -0.338 e. The molecule has 4 heterocycles. The van der Waals surface area contributed by atoms with E-state index in [1.165, 1.54) is 17.4 Å². The van der Waals surface area contributed by atoms with Crippen molar-refractivity contribution in [2.45, 2.75) is 38.8 Å². The van der Waals surface area contributed by atoms with E-state index in [0.29, 0.717) is 29.3 Å². The number of nitrogens with zero attached hydrogens (tertiary/aromatic N) is 4. The van der Waals surface area contributed by atoms with Crippen LogP contribution in [0.4, 0.5) is 4.39 Å². The number of hydrogen-bond donors (Lipinski definition) is 1. The van der Waals surface area contributed by atoms with Crippen molar-refractivity contribution in [3.63, 3.8) is 0 Å². The summed E-state index contributed by atoms with van der Waals surface area (Å²) in [5.74, 6) is 2.16. The van der Waals surface area contributed by atoms with Crippen LogP contribution in [0, 0.1) is 12.7 Å². The van der Waals surface area contributed by atoms with Gasteiger partial charge in [0.1, 0.15) is 17.5 Å². The van der Waals surface area contributed by atoms with Gasteiger partial charge in [-0.3, -0.25) is 4.79 Å². The maximum absolute atomic E-state index is 14.2. The molecule has 1 amide bonds. The Kier molecular flexibility index (Phi) is 4.40. The third-order valence-corrected chi connectivity index (χ3v) is 7.14. The molecule has 1 fully saturated rings. The molecule has 146 valence electrons. The summed E-state index contributed by atoms with van der Waals surface area (Å²) in [7, 11) is 0. The predicted molar refractivity (Wildman–Crippen MR) is 106 cm³/mol. The number of piperidine rings is 1. The fourth-order valence-electron chi connectivity index (χ4n) is 4.36. The fraction of sp³-hybridized carbons (Fsp3) is 0.450. The summed E-state index contributed by atoms with van der Waals surface area (Å²) in [5, 5.41) is 12.6. The second-order valence-electron chi connectivity index (χ2n) is 7.54. The van der Waals surface area contributed by atoms with Crippen molar-refractivity contribution in [1.82, 2.24) is 25.0 Å². The summed E-state index contributed by atoms with van der Waals surface area (Å²) in [6.07, 6.45) is 1.77. The van der Waals surface area contributed by atoms with E-state index in [1.807, 2.05) is 17.9 Å². The monoisotopic (exact) mass is 399 g/mol. The largest absolute Gasteiger partial charge is 0.338 e. The predicted octanol–water partition coefficient (Wildman–Crippen LogP) is 3.06. The van der Waals surface area contributed by atoms with Crippen molar-refractivity contribution >= 4 is 27.3 Å². The summed E-state index contributed by atoms with van der Waals surface area (Å²) in [6, 6.07) is 5.03. The molecular weight excluding hydrogens is 377 g/mol. The number of halogens is 1. The smallest absolute Gasteiger partial charge is 0.264 e. The van der Waals surface area contributed by atoms with E-state index in [0.717, 1.165) is 54.4 Å². The lowest BCUT2D eigenvalue weighted by Crippen LogP contribution is -2.38. The third-order valence-electron chi connectivity index (χ3n) is 5.90. The van der Waals surface area contributed by atoms with Crippen LogP contribution in [0.5, 0.6) is 0 Å². The van der Waals surface area contributed by atoms with Gasteiger partial charge < -0.3 is 14.8 Å². The number of benzene rings is 1. The number of carbonyl (C=O) groups is 1. The minimum atomic E-state index is -0.255. The van der Waals surface area contributed by atoms with Crippen LogP contribution < -0.4 is 5.32 Å². The summed E-state index contributed by atoms with van der Waals surface area (Å²) >= 11 is 1.39. The molecule has 0 atom stereocenters. The number of aromatic nitrogens is 3. The highest BCUT2D eigenvalue weighted by Gasteiger charge is 2.30. The van der Waals surface area contributed by atoms with Crippen LogP contribution in [0.15, 0.2) is 18.2 Å². The number of nitrogens with one attached hydrogen (secondary N) is 1. The molecule has 6 nitrogen and oxygen atoms in total. The van der Waals surface area contributed by atoms with E-state index in [2.05, 4.69) is 20.1 Å². The van der Waals surface area contributed by atoms with Crippen molar-refractivity contribution in [1.29, 1.82) is 0 Å². The molecule has 0 saturated carbocycles. The number of fused-ring (bicyclic) bond motifs is 2. The van der Waals surface area contributed by atoms with E-state index < -0.39 is 0 Å². The number of likely N-dealkylation sites (tertiary alicyclic amines) is 1. The molecule has 0 bridgehead atoms. The maximum atomic E-state index is 14.2. The lowest BCUT2D eigenvalue weighted by atomic mass is 9.95. The second-order valence-corrected chi connectivity index (χ2v) is 8.59. The fourth-order valence-corrected chi connectivity index (χ4v) is 5.55. The van der Waals surface area contributed by atoms with Crippen LogP contribution >= 0.6 is 11.3 Å². The normalized spacial score (nSPS) is 17.9. The first-order valence-corrected chi connectivity index (χ1v) is 10.5. The van der Waals surface area contributed by atoms with Gasteiger partial charge in [-0.15, -0.1) is 21.5 Å². The zero-order chi connectivity index (χ0) is 19.3. The lowest BCUT2D eigenvalue weighted by Gasteiger charge is -2.32. The summed E-state index contributed by atoms with van der Waals surface area (Å²) in [6.45, 7) is 5.85. The Labute approximate surface area is 166 Å². The number of amides is 1. The lowest BCUT2D eigenvalue weighted by molar-refractivity contribution is 0.0714. The second kappa shape index (κ2) is 6.93. The number of aryl methyl sites for hydroxylation is 1. The molecule has 1 saturated heterocycles. The van der Waals surface area contributed by atoms with Crippen LogP contribution in [0.3, 0.4) is 0 Å². The first kappa shape index (κ1) is 17.8. The van der Waals surface area contributed by atoms with E-state index in [-0.39, 0.29) is 11.7 Å². The zero-order valence-electron chi connectivity index (χ0n) is 15.7. The van der Waals surface area contributed by atoms with Gasteiger partial charge in [-0.05, 0) is 37.5 Å². The topological polar surface area (TPSA) is 63.1 Å². The Morgan fingerprint density at radius 3 is 2.86 bits per heavy atom. The number of carbonyl (C=O) groups excluding carboxylic acids is 1. The Morgan fingerprint density at radius 1 is 1.25 bits per heavy atom. The quantitative estimate of drug-likeness (QED) is 0.719. The van der Waals surface area contributed by atoms with Crippen molar-refractivity contribution in [2.75, 3.05) is 19.6 Å². The highest BCUT2D eigenvalue weighted by atomic mass is 32.1. The van der Waals surface area contributed by atoms with Crippen molar-refractivity contribution in [2.24, 2.45) is 0 Å².